The van der Waals surface area contributed by atoms with Crippen molar-refractivity contribution in [2.45, 2.75) is 19.9 Å². The minimum Gasteiger partial charge on any atom is -0.477 e. The average molecular weight is 479 g/mol. The van der Waals surface area contributed by atoms with Crippen LogP contribution < -0.4 is 9.47 Å². The number of allylic oxidation sites excluding steroid dienone is 1. The zero-order chi connectivity index (χ0) is 24.4. The summed E-state index contributed by atoms with van der Waals surface area (Å²) in [6.45, 7) is 8.82. The molecule has 5 rings (SSSR count). The van der Waals surface area contributed by atoms with Crippen LogP contribution in [-0.2, 0) is 16.0 Å². The summed E-state index contributed by atoms with van der Waals surface area (Å²) in [7, 11) is 1.34. The fraction of sp³-hybridized carbons (Fsp3) is 0.407. The maximum absolute atomic E-state index is 13.2. The number of morpholine rings is 1. The second-order valence-electron chi connectivity index (χ2n) is 9.05. The highest BCUT2D eigenvalue weighted by Gasteiger charge is 2.33. The quantitative estimate of drug-likeness (QED) is 0.463. The van der Waals surface area contributed by atoms with Crippen molar-refractivity contribution in [3.8, 4) is 11.5 Å². The van der Waals surface area contributed by atoms with E-state index in [-0.39, 0.29) is 11.5 Å². The summed E-state index contributed by atoms with van der Waals surface area (Å²) in [5.74, 6) is 1.09. The normalized spacial score (nSPS) is 19.1. The number of esters is 1. The Balaban J connectivity index is 1.27. The second kappa shape index (κ2) is 10.2. The van der Waals surface area contributed by atoms with E-state index in [4.69, 9.17) is 18.9 Å². The van der Waals surface area contributed by atoms with E-state index in [1.165, 1.54) is 7.11 Å². The van der Waals surface area contributed by atoms with E-state index in [9.17, 15) is 9.59 Å². The first kappa shape index (κ1) is 23.5. The Morgan fingerprint density at radius 1 is 1.09 bits per heavy atom. The molecule has 8 nitrogen and oxygen atoms in total. The Hall–Kier alpha value is -3.20. The standard InChI is InChI=1S/C27H30N2O6/c1-18-25-21(16-29(17-34-25)9-3-8-28-10-12-33-13-11-28)15-22-24(30)23(35-26(18)22)14-19-4-6-20(7-5-19)27(31)32-2/h4-7,14-15H,3,8-13,16-17H2,1-2H3/b23-14-. The molecule has 0 bridgehead atoms. The number of rotatable bonds is 6. The largest absolute Gasteiger partial charge is 0.477 e. The van der Waals surface area contributed by atoms with Crippen LogP contribution in [0, 0.1) is 6.92 Å². The molecule has 0 aliphatic carbocycles. The van der Waals surface area contributed by atoms with Crippen molar-refractivity contribution in [3.63, 3.8) is 0 Å². The van der Waals surface area contributed by atoms with Crippen LogP contribution in [0.25, 0.3) is 6.08 Å². The Bertz CT molecular complexity index is 1150. The van der Waals surface area contributed by atoms with Gasteiger partial charge < -0.3 is 18.9 Å². The van der Waals surface area contributed by atoms with Crippen LogP contribution >= 0.6 is 0 Å². The molecule has 0 saturated carbocycles. The number of benzene rings is 2. The zero-order valence-corrected chi connectivity index (χ0v) is 20.2. The van der Waals surface area contributed by atoms with Gasteiger partial charge in [-0.05, 0) is 49.7 Å². The fourth-order valence-corrected chi connectivity index (χ4v) is 4.77. The topological polar surface area (TPSA) is 77.5 Å². The number of hydrogen-bond donors (Lipinski definition) is 0. The van der Waals surface area contributed by atoms with Gasteiger partial charge in [-0.2, -0.15) is 0 Å². The average Bonchev–Trinajstić information content (AvgIpc) is 3.20. The van der Waals surface area contributed by atoms with Gasteiger partial charge in [0.05, 0.1) is 31.5 Å². The maximum atomic E-state index is 13.2. The number of nitrogens with zero attached hydrogens (tertiary/aromatic N) is 2. The van der Waals surface area contributed by atoms with Crippen LogP contribution in [0.2, 0.25) is 0 Å². The molecule has 35 heavy (non-hydrogen) atoms. The third kappa shape index (κ3) is 4.96. The van der Waals surface area contributed by atoms with E-state index >= 15 is 0 Å². The molecule has 0 atom stereocenters. The molecule has 2 aromatic carbocycles. The molecule has 3 aliphatic heterocycles. The Kier molecular flexibility index (Phi) is 6.86. The number of hydrogen-bond acceptors (Lipinski definition) is 8. The number of carbonyl (C=O) groups excluding carboxylic acids is 2. The van der Waals surface area contributed by atoms with Crippen molar-refractivity contribution in [3.05, 3.63) is 63.9 Å². The Labute approximate surface area is 205 Å². The van der Waals surface area contributed by atoms with Crippen molar-refractivity contribution in [1.29, 1.82) is 0 Å². The molecule has 0 N–H and O–H groups in total. The van der Waals surface area contributed by atoms with E-state index in [2.05, 4.69) is 9.80 Å². The van der Waals surface area contributed by atoms with Gasteiger partial charge in [0, 0.05) is 37.3 Å². The monoisotopic (exact) mass is 478 g/mol. The van der Waals surface area contributed by atoms with Crippen LogP contribution in [0.5, 0.6) is 11.5 Å². The first-order chi connectivity index (χ1) is 17.0. The molecule has 0 aromatic heterocycles. The number of fused-ring (bicyclic) bond motifs is 2. The summed E-state index contributed by atoms with van der Waals surface area (Å²) in [4.78, 5) is 29.5. The van der Waals surface area contributed by atoms with Crippen molar-refractivity contribution in [2.75, 3.05) is 53.2 Å². The van der Waals surface area contributed by atoms with Crippen molar-refractivity contribution < 1.29 is 28.5 Å². The van der Waals surface area contributed by atoms with Crippen LogP contribution in [-0.4, -0.2) is 74.8 Å². The molecule has 8 heteroatoms. The van der Waals surface area contributed by atoms with E-state index in [0.717, 1.165) is 74.8 Å². The van der Waals surface area contributed by atoms with Gasteiger partial charge in [0.1, 0.15) is 18.2 Å². The molecular formula is C27H30N2O6. The second-order valence-corrected chi connectivity index (χ2v) is 9.05. The Morgan fingerprint density at radius 3 is 2.57 bits per heavy atom. The highest BCUT2D eigenvalue weighted by Crippen LogP contribution is 2.43. The third-order valence-electron chi connectivity index (χ3n) is 6.68. The van der Waals surface area contributed by atoms with Crippen molar-refractivity contribution >= 4 is 17.8 Å². The van der Waals surface area contributed by atoms with E-state index in [1.807, 2.05) is 13.0 Å². The first-order valence-corrected chi connectivity index (χ1v) is 12.0. The lowest BCUT2D eigenvalue weighted by atomic mass is 10.00. The molecule has 184 valence electrons. The van der Waals surface area contributed by atoms with Gasteiger partial charge in [0.25, 0.3) is 0 Å². The van der Waals surface area contributed by atoms with Crippen LogP contribution in [0.1, 0.15) is 43.8 Å². The SMILES string of the molecule is COC(=O)c1ccc(/C=C2\Oc3c(cc4c(c3C)OCN(CCCN3CCOCC3)C4)C2=O)cc1. The predicted octanol–water partition coefficient (Wildman–Crippen LogP) is 3.27. The van der Waals surface area contributed by atoms with Crippen LogP contribution in [0.4, 0.5) is 0 Å². The number of carbonyl (C=O) groups is 2. The van der Waals surface area contributed by atoms with Gasteiger partial charge in [-0.1, -0.05) is 12.1 Å². The summed E-state index contributed by atoms with van der Waals surface area (Å²) in [6.07, 6.45) is 2.76. The van der Waals surface area contributed by atoms with E-state index in [1.54, 1.807) is 30.3 Å². The molecule has 3 heterocycles. The minimum absolute atomic E-state index is 0.146. The fourth-order valence-electron chi connectivity index (χ4n) is 4.77. The molecule has 2 aromatic rings. The third-order valence-corrected chi connectivity index (χ3v) is 6.68. The molecule has 1 fully saturated rings. The van der Waals surface area contributed by atoms with Crippen LogP contribution in [0.3, 0.4) is 0 Å². The molecule has 3 aliphatic rings. The molecular weight excluding hydrogens is 448 g/mol. The molecule has 0 unspecified atom stereocenters. The van der Waals surface area contributed by atoms with Gasteiger partial charge in [0.2, 0.25) is 5.78 Å². The number of ether oxygens (including phenoxy) is 4. The molecule has 1 saturated heterocycles. The maximum Gasteiger partial charge on any atom is 0.337 e. The first-order valence-electron chi connectivity index (χ1n) is 12.0. The number of methoxy groups -OCH3 is 1. The predicted molar refractivity (Wildman–Crippen MR) is 130 cm³/mol. The van der Waals surface area contributed by atoms with Gasteiger partial charge >= 0.3 is 5.97 Å². The molecule has 0 radical (unpaired) electrons. The Morgan fingerprint density at radius 2 is 1.83 bits per heavy atom. The van der Waals surface area contributed by atoms with E-state index in [0.29, 0.717) is 23.6 Å². The summed E-state index contributed by atoms with van der Waals surface area (Å²) in [6, 6.07) is 8.76. The highest BCUT2D eigenvalue weighted by atomic mass is 16.5. The lowest BCUT2D eigenvalue weighted by Crippen LogP contribution is -2.39. The van der Waals surface area contributed by atoms with Gasteiger partial charge in [-0.25, -0.2) is 4.79 Å². The summed E-state index contributed by atoms with van der Waals surface area (Å²) in [5, 5.41) is 0. The number of Topliss-reactive ketones (excluding diaryl/α,β-unsaturated/α-hetero) is 1. The lowest BCUT2D eigenvalue weighted by Gasteiger charge is -2.31. The van der Waals surface area contributed by atoms with E-state index < -0.39 is 5.97 Å². The number of ketones is 1. The van der Waals surface area contributed by atoms with Gasteiger partial charge in [-0.3, -0.25) is 14.6 Å². The summed E-state index contributed by atoms with van der Waals surface area (Å²) in [5.41, 5.74) is 3.64. The highest BCUT2D eigenvalue weighted by molar-refractivity contribution is 6.15. The lowest BCUT2D eigenvalue weighted by molar-refractivity contribution is 0.0329. The van der Waals surface area contributed by atoms with Crippen LogP contribution in [0.15, 0.2) is 36.1 Å². The molecule has 0 amide bonds. The van der Waals surface area contributed by atoms with Gasteiger partial charge in [-0.15, -0.1) is 0 Å². The summed E-state index contributed by atoms with van der Waals surface area (Å²) < 4.78 is 22.2. The summed E-state index contributed by atoms with van der Waals surface area (Å²) >= 11 is 0. The minimum atomic E-state index is -0.402. The zero-order valence-electron chi connectivity index (χ0n) is 20.2. The van der Waals surface area contributed by atoms with Crippen molar-refractivity contribution in [2.24, 2.45) is 0 Å². The van der Waals surface area contributed by atoms with Gasteiger partial charge in [0.15, 0.2) is 5.76 Å². The molecule has 0 spiro atoms. The smallest absolute Gasteiger partial charge is 0.337 e. The van der Waals surface area contributed by atoms with Crippen molar-refractivity contribution in [1.82, 2.24) is 9.80 Å².